The number of fused-ring (bicyclic) bond motifs is 1. The molecular formula is C16H19N3O3. The molecule has 116 valence electrons. The third-order valence-corrected chi connectivity index (χ3v) is 4.50. The average Bonchev–Trinajstić information content (AvgIpc) is 2.78. The molecule has 2 aliphatic rings. The van der Waals surface area contributed by atoms with Crippen LogP contribution in [0.5, 0.6) is 0 Å². The quantitative estimate of drug-likeness (QED) is 0.821. The molecule has 0 radical (unpaired) electrons. The number of piperidine rings is 1. The minimum absolute atomic E-state index is 0.0505. The van der Waals surface area contributed by atoms with Gasteiger partial charge in [-0.3, -0.25) is 19.3 Å². The van der Waals surface area contributed by atoms with Gasteiger partial charge in [0.2, 0.25) is 0 Å². The van der Waals surface area contributed by atoms with E-state index in [0.717, 1.165) is 24.2 Å². The van der Waals surface area contributed by atoms with Crippen LogP contribution < -0.4 is 5.73 Å². The van der Waals surface area contributed by atoms with E-state index >= 15 is 0 Å². The van der Waals surface area contributed by atoms with Crippen LogP contribution in [0.25, 0.3) is 0 Å². The van der Waals surface area contributed by atoms with Crippen LogP contribution in [0, 0.1) is 0 Å². The highest BCUT2D eigenvalue weighted by Gasteiger charge is 2.34. The standard InChI is InChI=1S/C16H19N3O3/c1-18-15(21)12-6-5-10(8-13(12)16(18)22)14(20)19-7-3-2-4-11(19)9-17/h5-6,8,11H,2-4,7,9,17H2,1H3. The van der Waals surface area contributed by atoms with Gasteiger partial charge in [-0.1, -0.05) is 0 Å². The number of amides is 3. The third-order valence-electron chi connectivity index (χ3n) is 4.50. The minimum Gasteiger partial charge on any atom is -0.334 e. The molecular weight excluding hydrogens is 282 g/mol. The van der Waals surface area contributed by atoms with Gasteiger partial charge >= 0.3 is 0 Å². The molecule has 6 nitrogen and oxygen atoms in total. The van der Waals surface area contributed by atoms with Gasteiger partial charge in [0.15, 0.2) is 0 Å². The highest BCUT2D eigenvalue weighted by Crippen LogP contribution is 2.25. The van der Waals surface area contributed by atoms with E-state index in [2.05, 4.69) is 0 Å². The van der Waals surface area contributed by atoms with Gasteiger partial charge < -0.3 is 10.6 Å². The number of imide groups is 1. The monoisotopic (exact) mass is 301 g/mol. The van der Waals surface area contributed by atoms with Crippen molar-refractivity contribution in [2.24, 2.45) is 5.73 Å². The first kappa shape index (κ1) is 14.7. The van der Waals surface area contributed by atoms with Gasteiger partial charge in [0.25, 0.3) is 17.7 Å². The highest BCUT2D eigenvalue weighted by atomic mass is 16.2. The van der Waals surface area contributed by atoms with E-state index in [0.29, 0.717) is 29.8 Å². The minimum atomic E-state index is -0.358. The molecule has 0 spiro atoms. The first-order valence-electron chi connectivity index (χ1n) is 7.52. The Morgan fingerprint density at radius 2 is 1.95 bits per heavy atom. The van der Waals surface area contributed by atoms with Crippen molar-refractivity contribution in [3.63, 3.8) is 0 Å². The van der Waals surface area contributed by atoms with E-state index < -0.39 is 0 Å². The summed E-state index contributed by atoms with van der Waals surface area (Å²) in [6.45, 7) is 1.13. The van der Waals surface area contributed by atoms with Crippen LogP contribution in [-0.2, 0) is 0 Å². The predicted molar refractivity (Wildman–Crippen MR) is 80.6 cm³/mol. The zero-order valence-electron chi connectivity index (χ0n) is 12.5. The van der Waals surface area contributed by atoms with Crippen LogP contribution in [0.15, 0.2) is 18.2 Å². The number of rotatable bonds is 2. The zero-order valence-corrected chi connectivity index (χ0v) is 12.5. The summed E-state index contributed by atoms with van der Waals surface area (Å²) in [5, 5.41) is 0. The van der Waals surface area contributed by atoms with Crippen molar-refractivity contribution in [3.05, 3.63) is 34.9 Å². The number of nitrogens with zero attached hydrogens (tertiary/aromatic N) is 2. The fourth-order valence-corrected chi connectivity index (χ4v) is 3.17. The molecule has 0 bridgehead atoms. The van der Waals surface area contributed by atoms with Crippen LogP contribution in [0.1, 0.15) is 50.3 Å². The molecule has 1 aromatic rings. The largest absolute Gasteiger partial charge is 0.334 e. The predicted octanol–water partition coefficient (Wildman–Crippen LogP) is 0.866. The summed E-state index contributed by atoms with van der Waals surface area (Å²) in [4.78, 5) is 39.5. The molecule has 3 rings (SSSR count). The van der Waals surface area contributed by atoms with E-state index in [9.17, 15) is 14.4 Å². The Morgan fingerprint density at radius 3 is 2.68 bits per heavy atom. The topological polar surface area (TPSA) is 83.7 Å². The van der Waals surface area contributed by atoms with Crippen molar-refractivity contribution >= 4 is 17.7 Å². The molecule has 0 saturated carbocycles. The summed E-state index contributed by atoms with van der Waals surface area (Å²) in [7, 11) is 1.45. The summed E-state index contributed by atoms with van der Waals surface area (Å²) in [6.07, 6.45) is 2.95. The van der Waals surface area contributed by atoms with Gasteiger partial charge in [0.1, 0.15) is 0 Å². The van der Waals surface area contributed by atoms with Crippen LogP contribution in [0.2, 0.25) is 0 Å². The molecule has 2 N–H and O–H groups in total. The molecule has 1 saturated heterocycles. The second kappa shape index (κ2) is 5.53. The van der Waals surface area contributed by atoms with Crippen LogP contribution >= 0.6 is 0 Å². The lowest BCUT2D eigenvalue weighted by Gasteiger charge is -2.35. The summed E-state index contributed by atoms with van der Waals surface area (Å²) in [5.41, 5.74) is 6.86. The summed E-state index contributed by atoms with van der Waals surface area (Å²) >= 11 is 0. The van der Waals surface area contributed by atoms with Gasteiger partial charge in [-0.05, 0) is 37.5 Å². The Balaban J connectivity index is 1.92. The normalized spacial score (nSPS) is 21.3. The smallest absolute Gasteiger partial charge is 0.261 e. The fraction of sp³-hybridized carbons (Fsp3) is 0.438. The fourth-order valence-electron chi connectivity index (χ4n) is 3.17. The lowest BCUT2D eigenvalue weighted by molar-refractivity contribution is 0.0622. The van der Waals surface area contributed by atoms with Crippen molar-refractivity contribution in [2.45, 2.75) is 25.3 Å². The molecule has 2 heterocycles. The van der Waals surface area contributed by atoms with Crippen molar-refractivity contribution in [2.75, 3.05) is 20.1 Å². The van der Waals surface area contributed by atoms with Crippen molar-refractivity contribution in [3.8, 4) is 0 Å². The van der Waals surface area contributed by atoms with E-state index in [1.807, 2.05) is 0 Å². The van der Waals surface area contributed by atoms with Gasteiger partial charge in [0, 0.05) is 31.7 Å². The molecule has 1 unspecified atom stereocenters. The summed E-state index contributed by atoms with van der Waals surface area (Å²) < 4.78 is 0. The van der Waals surface area contributed by atoms with Gasteiger partial charge in [-0.15, -0.1) is 0 Å². The second-order valence-electron chi connectivity index (χ2n) is 5.81. The van der Waals surface area contributed by atoms with E-state index in [1.165, 1.54) is 13.1 Å². The Bertz CT molecular complexity index is 656. The van der Waals surface area contributed by atoms with Crippen molar-refractivity contribution in [1.29, 1.82) is 0 Å². The van der Waals surface area contributed by atoms with E-state index in [-0.39, 0.29) is 23.8 Å². The van der Waals surface area contributed by atoms with E-state index in [4.69, 9.17) is 5.73 Å². The zero-order chi connectivity index (χ0) is 15.9. The maximum absolute atomic E-state index is 12.7. The number of hydrogen-bond acceptors (Lipinski definition) is 4. The SMILES string of the molecule is CN1C(=O)c2ccc(C(=O)N3CCCCC3CN)cc2C1=O. The molecule has 22 heavy (non-hydrogen) atoms. The third kappa shape index (κ3) is 2.20. The van der Waals surface area contributed by atoms with Gasteiger partial charge in [-0.25, -0.2) is 0 Å². The summed E-state index contributed by atoms with van der Waals surface area (Å²) in [6, 6.07) is 4.76. The van der Waals surface area contributed by atoms with E-state index in [1.54, 1.807) is 17.0 Å². The Kier molecular flexibility index (Phi) is 3.70. The number of likely N-dealkylation sites (tertiary alicyclic amines) is 1. The molecule has 1 atom stereocenters. The lowest BCUT2D eigenvalue weighted by Crippen LogP contribution is -2.47. The van der Waals surface area contributed by atoms with Gasteiger partial charge in [-0.2, -0.15) is 0 Å². The van der Waals surface area contributed by atoms with Crippen molar-refractivity contribution in [1.82, 2.24) is 9.80 Å². The number of carbonyl (C=O) groups excluding carboxylic acids is 3. The Morgan fingerprint density at radius 1 is 1.23 bits per heavy atom. The molecule has 1 fully saturated rings. The first-order valence-corrected chi connectivity index (χ1v) is 7.52. The first-order chi connectivity index (χ1) is 10.5. The van der Waals surface area contributed by atoms with Gasteiger partial charge in [0.05, 0.1) is 11.1 Å². The Hall–Kier alpha value is -2.21. The highest BCUT2D eigenvalue weighted by molar-refractivity contribution is 6.21. The second-order valence-corrected chi connectivity index (χ2v) is 5.81. The average molecular weight is 301 g/mol. The van der Waals surface area contributed by atoms with Crippen LogP contribution in [-0.4, -0.2) is 53.7 Å². The number of benzene rings is 1. The molecule has 0 aliphatic carbocycles. The number of nitrogens with two attached hydrogens (primary N) is 1. The lowest BCUT2D eigenvalue weighted by atomic mass is 9.99. The molecule has 3 amide bonds. The van der Waals surface area contributed by atoms with Crippen LogP contribution in [0.3, 0.4) is 0 Å². The molecule has 2 aliphatic heterocycles. The number of carbonyl (C=O) groups is 3. The number of hydrogen-bond donors (Lipinski definition) is 1. The maximum Gasteiger partial charge on any atom is 0.261 e. The van der Waals surface area contributed by atoms with Crippen LogP contribution in [0.4, 0.5) is 0 Å². The molecule has 6 heteroatoms. The maximum atomic E-state index is 12.7. The molecule has 1 aromatic carbocycles. The summed E-state index contributed by atoms with van der Waals surface area (Å²) in [5.74, 6) is -0.798. The molecule has 0 aromatic heterocycles. The Labute approximate surface area is 128 Å². The van der Waals surface area contributed by atoms with Crippen molar-refractivity contribution < 1.29 is 14.4 Å².